The molecule has 0 aliphatic carbocycles. The summed E-state index contributed by atoms with van der Waals surface area (Å²) in [7, 11) is 0. The average molecular weight is 332 g/mol. The van der Waals surface area contributed by atoms with Crippen molar-refractivity contribution in [2.45, 2.75) is 33.1 Å². The molecule has 1 aromatic heterocycles. The summed E-state index contributed by atoms with van der Waals surface area (Å²) in [5.74, 6) is 0.860. The zero-order valence-electron chi connectivity index (χ0n) is 11.8. The number of hydrogen-bond donors (Lipinski definition) is 0. The standard InChI is InChI=1S/C15H17Cl3N2/c1-9(2)6-14-12(8-16)15(18)20(19-14)11-5-4-10(3)13(17)7-11/h4-5,7,9H,6,8H2,1-3H3. The van der Waals surface area contributed by atoms with Gasteiger partial charge in [-0.1, -0.05) is 43.1 Å². The van der Waals surface area contributed by atoms with Crippen LogP contribution in [0.2, 0.25) is 10.2 Å². The van der Waals surface area contributed by atoms with Gasteiger partial charge < -0.3 is 0 Å². The molecule has 108 valence electrons. The van der Waals surface area contributed by atoms with Crippen LogP contribution in [0.25, 0.3) is 5.69 Å². The fourth-order valence-corrected chi connectivity index (χ4v) is 2.87. The lowest BCUT2D eigenvalue weighted by Gasteiger charge is -2.05. The average Bonchev–Trinajstić information content (AvgIpc) is 2.68. The summed E-state index contributed by atoms with van der Waals surface area (Å²) < 4.78 is 1.71. The third kappa shape index (κ3) is 3.13. The van der Waals surface area contributed by atoms with Gasteiger partial charge in [0.05, 0.1) is 17.3 Å². The number of halogens is 3. The molecule has 2 aromatic rings. The molecule has 0 N–H and O–H groups in total. The van der Waals surface area contributed by atoms with Crippen molar-refractivity contribution in [3.8, 4) is 5.69 Å². The van der Waals surface area contributed by atoms with Crippen molar-refractivity contribution < 1.29 is 0 Å². The highest BCUT2D eigenvalue weighted by molar-refractivity contribution is 6.32. The van der Waals surface area contributed by atoms with Gasteiger partial charge in [-0.15, -0.1) is 11.6 Å². The van der Waals surface area contributed by atoms with E-state index in [4.69, 9.17) is 34.8 Å². The van der Waals surface area contributed by atoms with Gasteiger partial charge in [-0.3, -0.25) is 0 Å². The van der Waals surface area contributed by atoms with Crippen LogP contribution in [0.5, 0.6) is 0 Å². The van der Waals surface area contributed by atoms with Crippen molar-refractivity contribution >= 4 is 34.8 Å². The minimum Gasteiger partial charge on any atom is -0.222 e. The molecule has 0 unspecified atom stereocenters. The Labute approximate surface area is 134 Å². The molecular weight excluding hydrogens is 315 g/mol. The van der Waals surface area contributed by atoms with Gasteiger partial charge in [0.25, 0.3) is 0 Å². The van der Waals surface area contributed by atoms with E-state index < -0.39 is 0 Å². The predicted molar refractivity (Wildman–Crippen MR) is 86.4 cm³/mol. The normalized spacial score (nSPS) is 11.3. The van der Waals surface area contributed by atoms with Gasteiger partial charge in [-0.05, 0) is 37.0 Å². The number of nitrogens with zero attached hydrogens (tertiary/aromatic N) is 2. The van der Waals surface area contributed by atoms with Crippen LogP contribution in [-0.4, -0.2) is 9.78 Å². The Morgan fingerprint density at radius 3 is 2.50 bits per heavy atom. The van der Waals surface area contributed by atoms with E-state index in [1.54, 1.807) is 4.68 Å². The molecule has 0 bridgehead atoms. The van der Waals surface area contributed by atoms with Gasteiger partial charge in [-0.2, -0.15) is 5.10 Å². The minimum absolute atomic E-state index is 0.362. The van der Waals surface area contributed by atoms with Gasteiger partial charge in [-0.25, -0.2) is 4.68 Å². The van der Waals surface area contributed by atoms with E-state index in [2.05, 4.69) is 18.9 Å². The van der Waals surface area contributed by atoms with Crippen LogP contribution < -0.4 is 0 Å². The van der Waals surface area contributed by atoms with Crippen LogP contribution in [0.1, 0.15) is 30.7 Å². The van der Waals surface area contributed by atoms with E-state index in [1.807, 2.05) is 25.1 Å². The second kappa shape index (κ2) is 6.38. The van der Waals surface area contributed by atoms with E-state index in [1.165, 1.54) is 0 Å². The fraction of sp³-hybridized carbons (Fsp3) is 0.400. The molecule has 0 aliphatic heterocycles. The maximum Gasteiger partial charge on any atom is 0.137 e. The van der Waals surface area contributed by atoms with Crippen LogP contribution in [0.15, 0.2) is 18.2 Å². The van der Waals surface area contributed by atoms with Gasteiger partial charge in [0.2, 0.25) is 0 Å². The van der Waals surface area contributed by atoms with Crippen molar-refractivity contribution in [2.75, 3.05) is 0 Å². The largest absolute Gasteiger partial charge is 0.222 e. The molecule has 0 radical (unpaired) electrons. The Kier molecular flexibility index (Phi) is 5.00. The predicted octanol–water partition coefficient (Wildman–Crippen LogP) is 5.42. The van der Waals surface area contributed by atoms with E-state index in [9.17, 15) is 0 Å². The maximum absolute atomic E-state index is 6.41. The Morgan fingerprint density at radius 2 is 1.95 bits per heavy atom. The third-order valence-corrected chi connectivity index (χ3v) is 4.20. The Balaban J connectivity index is 2.51. The number of alkyl halides is 1. The summed E-state index contributed by atoms with van der Waals surface area (Å²) in [4.78, 5) is 0. The molecule has 2 nitrogen and oxygen atoms in total. The lowest BCUT2D eigenvalue weighted by molar-refractivity contribution is 0.626. The lowest BCUT2D eigenvalue weighted by atomic mass is 10.1. The van der Waals surface area contributed by atoms with E-state index in [0.29, 0.717) is 22.0 Å². The highest BCUT2D eigenvalue weighted by Gasteiger charge is 2.17. The molecular formula is C15H17Cl3N2. The number of aromatic nitrogens is 2. The number of hydrogen-bond acceptors (Lipinski definition) is 1. The van der Waals surface area contributed by atoms with Crippen LogP contribution in [0, 0.1) is 12.8 Å². The van der Waals surface area contributed by atoms with Gasteiger partial charge >= 0.3 is 0 Å². The Morgan fingerprint density at radius 1 is 1.25 bits per heavy atom. The smallest absolute Gasteiger partial charge is 0.137 e. The monoisotopic (exact) mass is 330 g/mol. The molecule has 20 heavy (non-hydrogen) atoms. The maximum atomic E-state index is 6.41. The van der Waals surface area contributed by atoms with Crippen LogP contribution in [0.3, 0.4) is 0 Å². The third-order valence-electron chi connectivity index (χ3n) is 3.14. The van der Waals surface area contributed by atoms with Crippen LogP contribution in [0.4, 0.5) is 0 Å². The molecule has 1 aromatic carbocycles. The summed E-state index contributed by atoms with van der Waals surface area (Å²) in [5.41, 5.74) is 3.74. The SMILES string of the molecule is Cc1ccc(-n2nc(CC(C)C)c(CCl)c2Cl)cc1Cl. The summed E-state index contributed by atoms with van der Waals surface area (Å²) in [6, 6.07) is 5.78. The first kappa shape index (κ1) is 15.7. The van der Waals surface area contributed by atoms with Crippen molar-refractivity contribution in [3.63, 3.8) is 0 Å². The molecule has 2 rings (SSSR count). The van der Waals surface area contributed by atoms with Crippen molar-refractivity contribution in [1.82, 2.24) is 9.78 Å². The second-order valence-corrected chi connectivity index (χ2v) is 6.33. The second-order valence-electron chi connectivity index (χ2n) is 5.29. The van der Waals surface area contributed by atoms with Crippen LogP contribution in [-0.2, 0) is 12.3 Å². The molecule has 0 saturated heterocycles. The van der Waals surface area contributed by atoms with Gasteiger partial charge in [0.15, 0.2) is 0 Å². The first-order valence-corrected chi connectivity index (χ1v) is 7.81. The minimum atomic E-state index is 0.362. The van der Waals surface area contributed by atoms with E-state index in [0.717, 1.165) is 28.9 Å². The molecule has 0 fully saturated rings. The first-order chi connectivity index (χ1) is 9.43. The lowest BCUT2D eigenvalue weighted by Crippen LogP contribution is -2.00. The molecule has 0 saturated carbocycles. The molecule has 0 amide bonds. The number of benzene rings is 1. The molecule has 0 spiro atoms. The Bertz CT molecular complexity index is 618. The summed E-state index contributed by atoms with van der Waals surface area (Å²) in [6.07, 6.45) is 0.856. The zero-order valence-corrected chi connectivity index (χ0v) is 14.0. The zero-order chi connectivity index (χ0) is 14.9. The number of aryl methyl sites for hydroxylation is 1. The molecule has 0 aliphatic rings. The summed E-state index contributed by atoms with van der Waals surface area (Å²) in [5, 5.41) is 5.87. The van der Waals surface area contributed by atoms with Crippen molar-refractivity contribution in [1.29, 1.82) is 0 Å². The topological polar surface area (TPSA) is 17.8 Å². The fourth-order valence-electron chi connectivity index (χ4n) is 2.04. The Hall–Kier alpha value is -0.700. The van der Waals surface area contributed by atoms with Crippen molar-refractivity contribution in [3.05, 3.63) is 45.2 Å². The van der Waals surface area contributed by atoms with E-state index in [-0.39, 0.29) is 0 Å². The van der Waals surface area contributed by atoms with Crippen LogP contribution >= 0.6 is 34.8 Å². The molecule has 0 atom stereocenters. The number of rotatable bonds is 4. The first-order valence-electron chi connectivity index (χ1n) is 6.52. The van der Waals surface area contributed by atoms with Gasteiger partial charge in [0, 0.05) is 10.6 Å². The highest BCUT2D eigenvalue weighted by Crippen LogP contribution is 2.28. The molecule has 1 heterocycles. The summed E-state index contributed by atoms with van der Waals surface area (Å²) in [6.45, 7) is 6.26. The van der Waals surface area contributed by atoms with Crippen molar-refractivity contribution in [2.24, 2.45) is 5.92 Å². The summed E-state index contributed by atoms with van der Waals surface area (Å²) >= 11 is 18.6. The highest BCUT2D eigenvalue weighted by atomic mass is 35.5. The molecule has 5 heteroatoms. The van der Waals surface area contributed by atoms with Gasteiger partial charge in [0.1, 0.15) is 5.15 Å². The van der Waals surface area contributed by atoms with E-state index >= 15 is 0 Å². The quantitative estimate of drug-likeness (QED) is 0.683.